The second kappa shape index (κ2) is 6.30. The minimum absolute atomic E-state index is 0.188. The van der Waals surface area contributed by atoms with Crippen molar-refractivity contribution in [2.24, 2.45) is 0 Å². The standard InChI is InChI=1S/C17H16ClN3O2/c1-19-16(22)15-10-11-4-2-3-5-14(11)21(15)17(23)20-13-8-6-12(18)7-9-13/h2-9,15H,10H2,1H3,(H,19,22)(H,20,23). The number of anilines is 2. The molecule has 0 aromatic heterocycles. The van der Waals surface area contributed by atoms with E-state index in [9.17, 15) is 9.59 Å². The smallest absolute Gasteiger partial charge is 0.327 e. The summed E-state index contributed by atoms with van der Waals surface area (Å²) in [5, 5.41) is 6.02. The number of hydrogen-bond acceptors (Lipinski definition) is 2. The molecule has 0 aliphatic carbocycles. The van der Waals surface area contributed by atoms with Crippen molar-refractivity contribution in [3.05, 3.63) is 59.1 Å². The molecular formula is C17H16ClN3O2. The number of carbonyl (C=O) groups is 2. The fourth-order valence-corrected chi connectivity index (χ4v) is 2.86. The summed E-state index contributed by atoms with van der Waals surface area (Å²) in [5.74, 6) is -0.188. The van der Waals surface area contributed by atoms with Crippen molar-refractivity contribution in [2.75, 3.05) is 17.3 Å². The average molecular weight is 330 g/mol. The van der Waals surface area contributed by atoms with E-state index in [2.05, 4.69) is 10.6 Å². The fraction of sp³-hybridized carbons (Fsp3) is 0.176. The van der Waals surface area contributed by atoms with Crippen LogP contribution in [0, 0.1) is 0 Å². The Balaban J connectivity index is 1.89. The van der Waals surface area contributed by atoms with Crippen LogP contribution in [-0.2, 0) is 11.2 Å². The molecule has 0 saturated carbocycles. The minimum Gasteiger partial charge on any atom is -0.357 e. The van der Waals surface area contributed by atoms with E-state index in [4.69, 9.17) is 11.6 Å². The van der Waals surface area contributed by atoms with Crippen LogP contribution < -0.4 is 15.5 Å². The number of fused-ring (bicyclic) bond motifs is 1. The number of likely N-dealkylation sites (N-methyl/N-ethyl adjacent to an activating group) is 1. The molecule has 0 radical (unpaired) electrons. The van der Waals surface area contributed by atoms with Crippen molar-refractivity contribution in [1.82, 2.24) is 5.32 Å². The van der Waals surface area contributed by atoms with Crippen LogP contribution in [0.4, 0.5) is 16.2 Å². The predicted octanol–water partition coefficient (Wildman–Crippen LogP) is 3.05. The van der Waals surface area contributed by atoms with Crippen molar-refractivity contribution < 1.29 is 9.59 Å². The average Bonchev–Trinajstić information content (AvgIpc) is 2.95. The fourth-order valence-electron chi connectivity index (χ4n) is 2.73. The van der Waals surface area contributed by atoms with E-state index in [1.165, 1.54) is 4.90 Å². The highest BCUT2D eigenvalue weighted by Crippen LogP contribution is 2.32. The number of carbonyl (C=O) groups excluding carboxylic acids is 2. The summed E-state index contributed by atoms with van der Waals surface area (Å²) in [4.78, 5) is 26.3. The molecule has 5 nitrogen and oxygen atoms in total. The number of hydrogen-bond donors (Lipinski definition) is 2. The molecule has 2 aromatic carbocycles. The third-order valence-corrected chi connectivity index (χ3v) is 4.09. The van der Waals surface area contributed by atoms with Crippen LogP contribution in [0.25, 0.3) is 0 Å². The molecule has 6 heteroatoms. The van der Waals surface area contributed by atoms with E-state index >= 15 is 0 Å². The molecule has 2 N–H and O–H groups in total. The Morgan fingerprint density at radius 2 is 1.83 bits per heavy atom. The lowest BCUT2D eigenvalue weighted by atomic mass is 10.1. The highest BCUT2D eigenvalue weighted by molar-refractivity contribution is 6.30. The third-order valence-electron chi connectivity index (χ3n) is 3.84. The molecule has 0 saturated heterocycles. The zero-order valence-electron chi connectivity index (χ0n) is 12.5. The third kappa shape index (κ3) is 3.00. The van der Waals surface area contributed by atoms with Gasteiger partial charge in [0.15, 0.2) is 0 Å². The van der Waals surface area contributed by atoms with E-state index in [0.29, 0.717) is 17.1 Å². The highest BCUT2D eigenvalue weighted by atomic mass is 35.5. The molecule has 1 aliphatic heterocycles. The van der Waals surface area contributed by atoms with Crippen LogP contribution in [0.2, 0.25) is 5.02 Å². The van der Waals surface area contributed by atoms with Gasteiger partial charge in [0, 0.05) is 29.9 Å². The highest BCUT2D eigenvalue weighted by Gasteiger charge is 2.37. The van der Waals surface area contributed by atoms with Gasteiger partial charge in [-0.25, -0.2) is 4.79 Å². The lowest BCUT2D eigenvalue weighted by Crippen LogP contribution is -2.48. The maximum Gasteiger partial charge on any atom is 0.327 e. The summed E-state index contributed by atoms with van der Waals surface area (Å²) >= 11 is 5.85. The Hall–Kier alpha value is -2.53. The summed E-state index contributed by atoms with van der Waals surface area (Å²) in [5.41, 5.74) is 2.36. The van der Waals surface area contributed by atoms with Gasteiger partial charge in [0.05, 0.1) is 0 Å². The van der Waals surface area contributed by atoms with Crippen LogP contribution in [0.5, 0.6) is 0 Å². The zero-order valence-corrected chi connectivity index (χ0v) is 13.3. The molecule has 0 bridgehead atoms. The van der Waals surface area contributed by atoms with E-state index in [1.807, 2.05) is 24.3 Å². The summed E-state index contributed by atoms with van der Waals surface area (Å²) in [6, 6.07) is 13.5. The minimum atomic E-state index is -0.551. The molecule has 3 rings (SSSR count). The van der Waals surface area contributed by atoms with Gasteiger partial charge in [-0.15, -0.1) is 0 Å². The first kappa shape index (κ1) is 15.4. The molecule has 1 unspecified atom stereocenters. The van der Waals surface area contributed by atoms with Gasteiger partial charge in [0.2, 0.25) is 5.91 Å². The number of nitrogens with one attached hydrogen (secondary N) is 2. The summed E-state index contributed by atoms with van der Waals surface area (Å²) < 4.78 is 0. The molecule has 23 heavy (non-hydrogen) atoms. The van der Waals surface area contributed by atoms with Crippen LogP contribution in [-0.4, -0.2) is 25.0 Å². The molecule has 0 spiro atoms. The first-order chi connectivity index (χ1) is 11.1. The SMILES string of the molecule is CNC(=O)C1Cc2ccccc2N1C(=O)Nc1ccc(Cl)cc1. The summed E-state index contributed by atoms with van der Waals surface area (Å²) in [6.45, 7) is 0. The van der Waals surface area contributed by atoms with Gasteiger partial charge in [0.25, 0.3) is 0 Å². The Labute approximate surface area is 139 Å². The van der Waals surface area contributed by atoms with Gasteiger partial charge < -0.3 is 10.6 Å². The number of rotatable bonds is 2. The van der Waals surface area contributed by atoms with E-state index < -0.39 is 6.04 Å². The van der Waals surface area contributed by atoms with Gasteiger partial charge in [-0.1, -0.05) is 29.8 Å². The van der Waals surface area contributed by atoms with Gasteiger partial charge in [0.1, 0.15) is 6.04 Å². The van der Waals surface area contributed by atoms with Crippen LogP contribution >= 0.6 is 11.6 Å². The molecule has 0 fully saturated rings. The second-order valence-corrected chi connectivity index (χ2v) is 5.71. The van der Waals surface area contributed by atoms with Crippen LogP contribution in [0.15, 0.2) is 48.5 Å². The Kier molecular flexibility index (Phi) is 4.21. The predicted molar refractivity (Wildman–Crippen MR) is 91.0 cm³/mol. The first-order valence-electron chi connectivity index (χ1n) is 7.25. The van der Waals surface area contributed by atoms with Crippen molar-refractivity contribution in [3.8, 4) is 0 Å². The second-order valence-electron chi connectivity index (χ2n) is 5.27. The van der Waals surface area contributed by atoms with Gasteiger partial charge in [-0.3, -0.25) is 9.69 Å². The molecule has 1 aliphatic rings. The normalized spacial score (nSPS) is 15.9. The van der Waals surface area contributed by atoms with Crippen LogP contribution in [0.1, 0.15) is 5.56 Å². The largest absolute Gasteiger partial charge is 0.357 e. The Morgan fingerprint density at radius 3 is 2.52 bits per heavy atom. The van der Waals surface area contributed by atoms with Gasteiger partial charge >= 0.3 is 6.03 Å². The lowest BCUT2D eigenvalue weighted by Gasteiger charge is -2.24. The molecule has 118 valence electrons. The van der Waals surface area contributed by atoms with Gasteiger partial charge in [-0.05, 0) is 35.9 Å². The monoisotopic (exact) mass is 329 g/mol. The lowest BCUT2D eigenvalue weighted by molar-refractivity contribution is -0.121. The Morgan fingerprint density at radius 1 is 1.13 bits per heavy atom. The quantitative estimate of drug-likeness (QED) is 0.889. The van der Waals surface area contributed by atoms with Crippen molar-refractivity contribution in [1.29, 1.82) is 0 Å². The maximum atomic E-state index is 12.7. The molecular weight excluding hydrogens is 314 g/mol. The molecule has 3 amide bonds. The molecule has 1 heterocycles. The zero-order chi connectivity index (χ0) is 16.4. The number of urea groups is 1. The van der Waals surface area contributed by atoms with E-state index in [0.717, 1.165) is 11.3 Å². The number of amides is 3. The number of halogens is 1. The Bertz CT molecular complexity index is 746. The molecule has 1 atom stereocenters. The number of nitrogens with zero attached hydrogens (tertiary/aromatic N) is 1. The summed E-state index contributed by atoms with van der Waals surface area (Å²) in [7, 11) is 1.57. The van der Waals surface area contributed by atoms with Crippen molar-refractivity contribution in [3.63, 3.8) is 0 Å². The molecule has 2 aromatic rings. The van der Waals surface area contributed by atoms with Crippen molar-refractivity contribution >= 4 is 34.9 Å². The topological polar surface area (TPSA) is 61.4 Å². The van der Waals surface area contributed by atoms with E-state index in [1.54, 1.807) is 31.3 Å². The van der Waals surface area contributed by atoms with Gasteiger partial charge in [-0.2, -0.15) is 0 Å². The maximum absolute atomic E-state index is 12.7. The summed E-state index contributed by atoms with van der Waals surface area (Å²) in [6.07, 6.45) is 0.504. The number of benzene rings is 2. The first-order valence-corrected chi connectivity index (χ1v) is 7.63. The van der Waals surface area contributed by atoms with E-state index in [-0.39, 0.29) is 11.9 Å². The van der Waals surface area contributed by atoms with Crippen molar-refractivity contribution in [2.45, 2.75) is 12.5 Å². The van der Waals surface area contributed by atoms with Crippen LogP contribution in [0.3, 0.4) is 0 Å². The number of para-hydroxylation sites is 1.